The number of para-hydroxylation sites is 1. The number of aromatic nitrogens is 1. The molecule has 0 aliphatic carbocycles. The van der Waals surface area contributed by atoms with Gasteiger partial charge in [-0.15, -0.1) is 0 Å². The first-order chi connectivity index (χ1) is 12.3. The Morgan fingerprint density at radius 3 is 2.72 bits per heavy atom. The molecule has 25 heavy (non-hydrogen) atoms. The second-order valence-electron chi connectivity index (χ2n) is 7.45. The molecule has 0 radical (unpaired) electrons. The van der Waals surface area contributed by atoms with E-state index in [1.165, 1.54) is 22.8 Å². The molecule has 1 fully saturated rings. The van der Waals surface area contributed by atoms with Crippen LogP contribution in [0, 0.1) is 0 Å². The first-order valence-corrected chi connectivity index (χ1v) is 9.27. The van der Waals surface area contributed by atoms with E-state index in [1.807, 2.05) is 0 Å². The maximum atomic E-state index is 4.83. The smallest absolute Gasteiger partial charge is 0.134 e. The standard InChI is InChI=1S/C20H25N5/c1-23-11-4-5-16(23)15-24-12-8-20(9-13-24)22-18-7-3-2-6-17(18)19-21-10-14-25(19)20/h2-7,11,22H,8-10,12-15H2,1H3. The number of aryl methyl sites for hydroxylation is 1. The highest BCUT2D eigenvalue weighted by Gasteiger charge is 2.46. The van der Waals surface area contributed by atoms with Crippen LogP contribution >= 0.6 is 0 Å². The molecule has 5 nitrogen and oxygen atoms in total. The van der Waals surface area contributed by atoms with Crippen LogP contribution in [-0.2, 0) is 13.6 Å². The number of nitrogens with one attached hydrogen (secondary N) is 1. The number of hydrogen-bond donors (Lipinski definition) is 1. The zero-order chi connectivity index (χ0) is 16.9. The Kier molecular flexibility index (Phi) is 3.38. The predicted octanol–water partition coefficient (Wildman–Crippen LogP) is 2.51. The molecular weight excluding hydrogens is 310 g/mol. The van der Waals surface area contributed by atoms with Gasteiger partial charge in [0.05, 0.1) is 6.54 Å². The Bertz CT molecular complexity index is 813. The number of aliphatic imine (C=N–C) groups is 1. The predicted molar refractivity (Wildman–Crippen MR) is 101 cm³/mol. The molecule has 1 N–H and O–H groups in total. The van der Waals surface area contributed by atoms with Crippen molar-refractivity contribution >= 4 is 11.5 Å². The van der Waals surface area contributed by atoms with Crippen molar-refractivity contribution in [2.45, 2.75) is 25.0 Å². The highest BCUT2D eigenvalue weighted by atomic mass is 15.4. The molecule has 4 heterocycles. The van der Waals surface area contributed by atoms with Crippen molar-refractivity contribution in [2.24, 2.45) is 12.0 Å². The van der Waals surface area contributed by atoms with Crippen LogP contribution < -0.4 is 5.32 Å². The molecule has 0 saturated carbocycles. The maximum Gasteiger partial charge on any atom is 0.134 e. The fourth-order valence-electron chi connectivity index (χ4n) is 4.57. The van der Waals surface area contributed by atoms with Gasteiger partial charge in [-0.3, -0.25) is 9.89 Å². The molecule has 1 spiro atoms. The normalized spacial score (nSPS) is 21.6. The molecule has 0 unspecified atom stereocenters. The third kappa shape index (κ3) is 2.37. The summed E-state index contributed by atoms with van der Waals surface area (Å²) >= 11 is 0. The topological polar surface area (TPSA) is 35.8 Å². The minimum atomic E-state index is 0.0361. The summed E-state index contributed by atoms with van der Waals surface area (Å²) in [5, 5.41) is 3.89. The van der Waals surface area contributed by atoms with Crippen LogP contribution in [0.25, 0.3) is 0 Å². The molecular formula is C20H25N5. The van der Waals surface area contributed by atoms with Gasteiger partial charge in [-0.25, -0.2) is 0 Å². The molecule has 3 aliphatic rings. The summed E-state index contributed by atoms with van der Waals surface area (Å²) in [6, 6.07) is 13.0. The number of anilines is 1. The summed E-state index contributed by atoms with van der Waals surface area (Å²) in [5.41, 5.74) is 3.93. The Labute approximate surface area is 149 Å². The minimum Gasteiger partial charge on any atom is -0.362 e. The Morgan fingerprint density at radius 2 is 1.92 bits per heavy atom. The molecule has 1 saturated heterocycles. The van der Waals surface area contributed by atoms with E-state index in [4.69, 9.17) is 4.99 Å². The van der Waals surface area contributed by atoms with Crippen molar-refractivity contribution in [1.29, 1.82) is 0 Å². The number of piperidine rings is 1. The van der Waals surface area contributed by atoms with E-state index in [0.29, 0.717) is 0 Å². The minimum absolute atomic E-state index is 0.0361. The molecule has 130 valence electrons. The zero-order valence-electron chi connectivity index (χ0n) is 14.8. The van der Waals surface area contributed by atoms with Crippen molar-refractivity contribution in [1.82, 2.24) is 14.4 Å². The van der Waals surface area contributed by atoms with Gasteiger partial charge in [0.25, 0.3) is 0 Å². The number of nitrogens with zero attached hydrogens (tertiary/aromatic N) is 4. The van der Waals surface area contributed by atoms with Crippen molar-refractivity contribution in [3.8, 4) is 0 Å². The fraction of sp³-hybridized carbons (Fsp3) is 0.450. The van der Waals surface area contributed by atoms with Crippen LogP contribution in [0.2, 0.25) is 0 Å². The van der Waals surface area contributed by atoms with Gasteiger partial charge in [-0.05, 0) is 24.3 Å². The van der Waals surface area contributed by atoms with E-state index in [2.05, 4.69) is 69.3 Å². The number of fused-ring (bicyclic) bond motifs is 4. The van der Waals surface area contributed by atoms with Gasteiger partial charge in [0.15, 0.2) is 0 Å². The van der Waals surface area contributed by atoms with Gasteiger partial charge in [-0.1, -0.05) is 12.1 Å². The number of benzene rings is 1. The molecule has 3 aliphatic heterocycles. The van der Waals surface area contributed by atoms with Crippen molar-refractivity contribution in [3.63, 3.8) is 0 Å². The van der Waals surface area contributed by atoms with Gasteiger partial charge in [0.1, 0.15) is 11.5 Å². The van der Waals surface area contributed by atoms with E-state index in [9.17, 15) is 0 Å². The molecule has 2 aromatic rings. The second kappa shape index (κ2) is 5.63. The van der Waals surface area contributed by atoms with E-state index in [1.54, 1.807) is 0 Å². The van der Waals surface area contributed by atoms with E-state index < -0.39 is 0 Å². The number of rotatable bonds is 2. The second-order valence-corrected chi connectivity index (χ2v) is 7.45. The van der Waals surface area contributed by atoms with Gasteiger partial charge in [0.2, 0.25) is 0 Å². The summed E-state index contributed by atoms with van der Waals surface area (Å²) in [5.74, 6) is 1.20. The van der Waals surface area contributed by atoms with Crippen LogP contribution in [0.15, 0.2) is 47.6 Å². The van der Waals surface area contributed by atoms with Crippen LogP contribution in [-0.4, -0.2) is 52.0 Å². The molecule has 5 rings (SSSR count). The lowest BCUT2D eigenvalue weighted by Crippen LogP contribution is -2.63. The summed E-state index contributed by atoms with van der Waals surface area (Å²) in [6.07, 6.45) is 4.39. The Morgan fingerprint density at radius 1 is 1.08 bits per heavy atom. The third-order valence-corrected chi connectivity index (χ3v) is 6.01. The largest absolute Gasteiger partial charge is 0.362 e. The molecule has 0 amide bonds. The van der Waals surface area contributed by atoms with Gasteiger partial charge >= 0.3 is 0 Å². The van der Waals surface area contributed by atoms with E-state index in [-0.39, 0.29) is 5.66 Å². The molecule has 0 bridgehead atoms. The summed E-state index contributed by atoms with van der Waals surface area (Å²) in [6.45, 7) is 5.22. The van der Waals surface area contributed by atoms with Gasteiger partial charge in [0, 0.05) is 69.2 Å². The Balaban J connectivity index is 1.37. The summed E-state index contributed by atoms with van der Waals surface area (Å²) in [4.78, 5) is 9.94. The van der Waals surface area contributed by atoms with Gasteiger partial charge < -0.3 is 14.8 Å². The van der Waals surface area contributed by atoms with Crippen molar-refractivity contribution in [3.05, 3.63) is 53.9 Å². The lowest BCUT2D eigenvalue weighted by molar-refractivity contribution is 0.0884. The highest BCUT2D eigenvalue weighted by molar-refractivity contribution is 6.06. The average Bonchev–Trinajstić information content (AvgIpc) is 3.28. The maximum absolute atomic E-state index is 4.83. The van der Waals surface area contributed by atoms with Crippen LogP contribution in [0.4, 0.5) is 5.69 Å². The quantitative estimate of drug-likeness (QED) is 0.916. The van der Waals surface area contributed by atoms with E-state index >= 15 is 0 Å². The monoisotopic (exact) mass is 335 g/mol. The third-order valence-electron chi connectivity index (χ3n) is 6.01. The first-order valence-electron chi connectivity index (χ1n) is 9.27. The number of hydrogen-bond acceptors (Lipinski definition) is 4. The van der Waals surface area contributed by atoms with Crippen LogP contribution in [0.5, 0.6) is 0 Å². The molecule has 5 heteroatoms. The number of likely N-dealkylation sites (tertiary alicyclic amines) is 1. The average molecular weight is 335 g/mol. The lowest BCUT2D eigenvalue weighted by atomic mass is 9.90. The molecule has 0 atom stereocenters. The summed E-state index contributed by atoms with van der Waals surface area (Å²) < 4.78 is 2.23. The summed E-state index contributed by atoms with van der Waals surface area (Å²) in [7, 11) is 2.13. The molecule has 1 aromatic carbocycles. The number of amidine groups is 1. The zero-order valence-corrected chi connectivity index (χ0v) is 14.8. The fourth-order valence-corrected chi connectivity index (χ4v) is 4.57. The van der Waals surface area contributed by atoms with E-state index in [0.717, 1.165) is 45.6 Å². The lowest BCUT2D eigenvalue weighted by Gasteiger charge is -2.52. The van der Waals surface area contributed by atoms with Crippen molar-refractivity contribution < 1.29 is 0 Å². The first kappa shape index (κ1) is 15.0. The molecule has 1 aromatic heterocycles. The SMILES string of the molecule is Cn1cccc1CN1CCC2(CC1)Nc1ccccc1C1=NCCN12. The van der Waals surface area contributed by atoms with Gasteiger partial charge in [-0.2, -0.15) is 0 Å². The van der Waals surface area contributed by atoms with Crippen LogP contribution in [0.1, 0.15) is 24.1 Å². The Hall–Kier alpha value is -2.27. The van der Waals surface area contributed by atoms with Crippen LogP contribution in [0.3, 0.4) is 0 Å². The highest BCUT2D eigenvalue weighted by Crippen LogP contribution is 2.39. The van der Waals surface area contributed by atoms with Crippen molar-refractivity contribution in [2.75, 3.05) is 31.5 Å².